The molecule has 1 aromatic heterocycles. The molecule has 2 aromatic carbocycles. The minimum absolute atomic E-state index is 0.629. The predicted octanol–water partition coefficient (Wildman–Crippen LogP) is 4.34. The fourth-order valence-electron chi connectivity index (χ4n) is 2.67. The number of halogens is 1. The molecule has 0 saturated carbocycles. The highest BCUT2D eigenvalue weighted by Gasteiger charge is 2.14. The highest BCUT2D eigenvalue weighted by Crippen LogP contribution is 2.31. The average Bonchev–Trinajstić information content (AvgIpc) is 3.09. The molecule has 0 radical (unpaired) electrons. The number of hydrogen-bond donors (Lipinski definition) is 1. The zero-order valence-electron chi connectivity index (χ0n) is 18.1. The second-order valence-corrected chi connectivity index (χ2v) is 9.28. The standard InChI is InChI=1S/C21H24ClN3O.CH4O3S/c1-16-5-11-19(12-6-16)25-15-20(17-7-9-18(22)10-8-17)21(23-25)26-14-4-13-24(2)3;1-5(2,3)4/h5-12,15H,4,13-14H2,1-3H3;1H3,(H,2,3,4). The Kier molecular flexibility index (Phi) is 9.06. The van der Waals surface area contributed by atoms with Gasteiger partial charge in [-0.15, -0.1) is 5.10 Å². The van der Waals surface area contributed by atoms with Crippen molar-refractivity contribution in [3.8, 4) is 22.7 Å². The third kappa shape index (κ3) is 9.10. The third-order valence-corrected chi connectivity index (χ3v) is 4.37. The minimum Gasteiger partial charge on any atom is -0.476 e. The van der Waals surface area contributed by atoms with Crippen molar-refractivity contribution in [2.45, 2.75) is 13.3 Å². The van der Waals surface area contributed by atoms with Crippen LogP contribution in [0.25, 0.3) is 16.8 Å². The number of aromatic nitrogens is 2. The Hall–Kier alpha value is -2.39. The summed E-state index contributed by atoms with van der Waals surface area (Å²) < 4.78 is 33.7. The Morgan fingerprint density at radius 3 is 2.23 bits per heavy atom. The molecule has 9 heteroatoms. The van der Waals surface area contributed by atoms with Gasteiger partial charge in [0.25, 0.3) is 10.1 Å². The second-order valence-electron chi connectivity index (χ2n) is 7.37. The molecule has 168 valence electrons. The highest BCUT2D eigenvalue weighted by atomic mass is 35.5. The smallest absolute Gasteiger partial charge is 0.261 e. The number of nitrogens with zero attached hydrogens (tertiary/aromatic N) is 3. The van der Waals surface area contributed by atoms with Gasteiger partial charge in [-0.05, 0) is 57.3 Å². The van der Waals surface area contributed by atoms with Crippen molar-refractivity contribution >= 4 is 21.7 Å². The van der Waals surface area contributed by atoms with Gasteiger partial charge in [-0.25, -0.2) is 4.68 Å². The summed E-state index contributed by atoms with van der Waals surface area (Å²) in [6.07, 6.45) is 3.67. The van der Waals surface area contributed by atoms with E-state index >= 15 is 0 Å². The summed E-state index contributed by atoms with van der Waals surface area (Å²) in [6.45, 7) is 3.68. The first-order valence-electron chi connectivity index (χ1n) is 9.65. The van der Waals surface area contributed by atoms with Gasteiger partial charge in [-0.1, -0.05) is 41.4 Å². The maximum atomic E-state index is 9.19. The van der Waals surface area contributed by atoms with Crippen molar-refractivity contribution < 1.29 is 17.7 Å². The number of ether oxygens (including phenoxy) is 1. The van der Waals surface area contributed by atoms with E-state index in [9.17, 15) is 8.42 Å². The average molecular weight is 466 g/mol. The summed E-state index contributed by atoms with van der Waals surface area (Å²) >= 11 is 6.03. The Bertz CT molecular complexity index is 1060. The van der Waals surface area contributed by atoms with Gasteiger partial charge in [-0.3, -0.25) is 4.55 Å². The fraction of sp³-hybridized carbons (Fsp3) is 0.318. The lowest BCUT2D eigenvalue weighted by Crippen LogP contribution is -2.15. The molecule has 0 aliphatic heterocycles. The number of rotatable bonds is 7. The summed E-state index contributed by atoms with van der Waals surface area (Å²) in [5.41, 5.74) is 4.23. The Morgan fingerprint density at radius 1 is 1.10 bits per heavy atom. The molecule has 0 spiro atoms. The van der Waals surface area contributed by atoms with Crippen molar-refractivity contribution in [2.24, 2.45) is 0 Å². The summed E-state index contributed by atoms with van der Waals surface area (Å²) in [7, 11) is 0.455. The third-order valence-electron chi connectivity index (χ3n) is 4.12. The molecule has 31 heavy (non-hydrogen) atoms. The topological polar surface area (TPSA) is 84.7 Å². The summed E-state index contributed by atoms with van der Waals surface area (Å²) in [4.78, 5) is 2.15. The molecule has 1 N–H and O–H groups in total. The minimum atomic E-state index is -3.67. The summed E-state index contributed by atoms with van der Waals surface area (Å²) in [6, 6.07) is 16.0. The molecule has 0 fully saturated rings. The molecule has 7 nitrogen and oxygen atoms in total. The van der Waals surface area contributed by atoms with E-state index in [0.29, 0.717) is 23.8 Å². The quantitative estimate of drug-likeness (QED) is 0.413. The molecule has 0 bridgehead atoms. The normalized spacial score (nSPS) is 11.2. The molecule has 0 saturated heterocycles. The van der Waals surface area contributed by atoms with Crippen molar-refractivity contribution in [3.05, 3.63) is 65.3 Å². The van der Waals surface area contributed by atoms with Crippen LogP contribution in [-0.2, 0) is 10.1 Å². The number of hydrogen-bond acceptors (Lipinski definition) is 5. The van der Waals surface area contributed by atoms with Crippen LogP contribution in [0.5, 0.6) is 5.88 Å². The zero-order valence-corrected chi connectivity index (χ0v) is 19.7. The number of benzene rings is 2. The van der Waals surface area contributed by atoms with E-state index in [0.717, 1.165) is 29.8 Å². The lowest BCUT2D eigenvalue weighted by atomic mass is 10.1. The van der Waals surface area contributed by atoms with E-state index in [-0.39, 0.29) is 0 Å². The monoisotopic (exact) mass is 465 g/mol. The largest absolute Gasteiger partial charge is 0.476 e. The van der Waals surface area contributed by atoms with E-state index in [4.69, 9.17) is 20.9 Å². The van der Waals surface area contributed by atoms with Crippen LogP contribution < -0.4 is 4.74 Å². The molecule has 3 aromatic rings. The van der Waals surface area contributed by atoms with Crippen LogP contribution in [0.3, 0.4) is 0 Å². The van der Waals surface area contributed by atoms with Crippen molar-refractivity contribution in [1.29, 1.82) is 0 Å². The van der Waals surface area contributed by atoms with E-state index in [2.05, 4.69) is 55.3 Å². The lowest BCUT2D eigenvalue weighted by molar-refractivity contribution is 0.273. The number of aryl methyl sites for hydroxylation is 1. The Balaban J connectivity index is 0.000000614. The molecular formula is C22H28ClN3O4S. The van der Waals surface area contributed by atoms with Gasteiger partial charge in [0.15, 0.2) is 0 Å². The summed E-state index contributed by atoms with van der Waals surface area (Å²) in [5, 5.41) is 5.39. The summed E-state index contributed by atoms with van der Waals surface area (Å²) in [5.74, 6) is 0.645. The van der Waals surface area contributed by atoms with E-state index in [1.54, 1.807) is 0 Å². The van der Waals surface area contributed by atoms with Crippen LogP contribution in [0, 0.1) is 6.92 Å². The van der Waals surface area contributed by atoms with Gasteiger partial charge in [0, 0.05) is 17.8 Å². The maximum Gasteiger partial charge on any atom is 0.261 e. The van der Waals surface area contributed by atoms with Crippen LogP contribution in [0.2, 0.25) is 5.02 Å². The van der Waals surface area contributed by atoms with Gasteiger partial charge in [0.1, 0.15) is 0 Å². The first kappa shape index (κ1) is 24.9. The molecule has 0 aliphatic rings. The Morgan fingerprint density at radius 2 is 1.68 bits per heavy atom. The SMILES string of the molecule is CS(=O)(=O)O.Cc1ccc(-n2cc(-c3ccc(Cl)cc3)c(OCCCN(C)C)n2)cc1. The maximum absolute atomic E-state index is 9.19. The molecule has 0 aliphatic carbocycles. The van der Waals surface area contributed by atoms with E-state index in [1.165, 1.54) is 5.56 Å². The second kappa shape index (κ2) is 11.3. The van der Waals surface area contributed by atoms with Gasteiger partial charge in [-0.2, -0.15) is 8.42 Å². The molecule has 0 unspecified atom stereocenters. The molecule has 0 amide bonds. The van der Waals surface area contributed by atoms with Gasteiger partial charge in [0.05, 0.1) is 24.1 Å². The van der Waals surface area contributed by atoms with Crippen LogP contribution in [0.4, 0.5) is 0 Å². The van der Waals surface area contributed by atoms with Crippen LogP contribution in [0.1, 0.15) is 12.0 Å². The van der Waals surface area contributed by atoms with Crippen LogP contribution >= 0.6 is 11.6 Å². The molecule has 0 atom stereocenters. The first-order chi connectivity index (χ1) is 14.5. The van der Waals surface area contributed by atoms with E-state index in [1.807, 2.05) is 35.1 Å². The van der Waals surface area contributed by atoms with Crippen molar-refractivity contribution in [3.63, 3.8) is 0 Å². The lowest BCUT2D eigenvalue weighted by Gasteiger charge is -2.10. The first-order valence-corrected chi connectivity index (χ1v) is 11.9. The van der Waals surface area contributed by atoms with Crippen LogP contribution in [-0.4, -0.2) is 61.2 Å². The Labute approximate surface area is 189 Å². The van der Waals surface area contributed by atoms with Gasteiger partial charge >= 0.3 is 0 Å². The predicted molar refractivity (Wildman–Crippen MR) is 125 cm³/mol. The highest BCUT2D eigenvalue weighted by molar-refractivity contribution is 7.85. The molecular weight excluding hydrogens is 438 g/mol. The van der Waals surface area contributed by atoms with Gasteiger partial charge < -0.3 is 9.64 Å². The molecule has 1 heterocycles. The van der Waals surface area contributed by atoms with Crippen molar-refractivity contribution in [2.75, 3.05) is 33.5 Å². The van der Waals surface area contributed by atoms with Crippen LogP contribution in [0.15, 0.2) is 54.7 Å². The zero-order chi connectivity index (χ0) is 23.0. The van der Waals surface area contributed by atoms with Gasteiger partial charge in [0.2, 0.25) is 5.88 Å². The van der Waals surface area contributed by atoms with Crippen molar-refractivity contribution in [1.82, 2.24) is 14.7 Å². The van der Waals surface area contributed by atoms with E-state index < -0.39 is 10.1 Å². The fourth-order valence-corrected chi connectivity index (χ4v) is 2.80. The molecule has 3 rings (SSSR count).